The van der Waals surface area contributed by atoms with Gasteiger partial charge in [-0.1, -0.05) is 6.07 Å². The molecule has 1 saturated heterocycles. The minimum Gasteiger partial charge on any atom is -0.461 e. The lowest BCUT2D eigenvalue weighted by Crippen LogP contribution is -2.22. The maximum absolute atomic E-state index is 11.7. The van der Waals surface area contributed by atoms with Crippen LogP contribution in [0.1, 0.15) is 46.9 Å². The molecule has 2 aromatic rings. The molecular formula is C16H19N3O2S. The fourth-order valence-electron chi connectivity index (χ4n) is 2.76. The lowest BCUT2D eigenvalue weighted by Gasteiger charge is -2.22. The molecular weight excluding hydrogens is 298 g/mol. The summed E-state index contributed by atoms with van der Waals surface area (Å²) in [7, 11) is 0. The highest BCUT2D eigenvalue weighted by Crippen LogP contribution is 2.34. The molecule has 22 heavy (non-hydrogen) atoms. The Morgan fingerprint density at radius 3 is 3.23 bits per heavy atom. The highest BCUT2D eigenvalue weighted by molar-refractivity contribution is 7.09. The number of nitrogens with zero attached hydrogens (tertiary/aromatic N) is 3. The molecule has 1 fully saturated rings. The highest BCUT2D eigenvalue weighted by atomic mass is 32.1. The first kappa shape index (κ1) is 15.1. The fraction of sp³-hybridized carbons (Fsp3) is 0.438. The van der Waals surface area contributed by atoms with E-state index in [9.17, 15) is 4.79 Å². The van der Waals surface area contributed by atoms with Gasteiger partial charge in [-0.05, 0) is 37.9 Å². The first-order valence-electron chi connectivity index (χ1n) is 7.53. The number of carbonyl (C=O) groups is 1. The van der Waals surface area contributed by atoms with Crippen molar-refractivity contribution in [3.8, 4) is 0 Å². The Morgan fingerprint density at radius 2 is 2.45 bits per heavy atom. The lowest BCUT2D eigenvalue weighted by molar-refractivity contribution is 0.0520. The number of rotatable bonds is 5. The summed E-state index contributed by atoms with van der Waals surface area (Å²) in [5.74, 6) is -0.332. The van der Waals surface area contributed by atoms with E-state index in [1.54, 1.807) is 29.8 Å². The number of hydrogen-bond donors (Lipinski definition) is 0. The van der Waals surface area contributed by atoms with Crippen molar-refractivity contribution in [3.05, 3.63) is 46.2 Å². The zero-order valence-electron chi connectivity index (χ0n) is 12.6. The summed E-state index contributed by atoms with van der Waals surface area (Å²) < 4.78 is 5.01. The Bertz CT molecular complexity index is 629. The number of likely N-dealkylation sites (tertiary alicyclic amines) is 1. The predicted molar refractivity (Wildman–Crippen MR) is 84.7 cm³/mol. The summed E-state index contributed by atoms with van der Waals surface area (Å²) in [6.45, 7) is 4.10. The average molecular weight is 317 g/mol. The summed E-state index contributed by atoms with van der Waals surface area (Å²) in [5, 5.41) is 2.80. The SMILES string of the molecule is CCOC(=O)c1csc(C2CCCN2Cc2cccnc2)n1. The number of hydrogen-bond acceptors (Lipinski definition) is 6. The van der Waals surface area contributed by atoms with E-state index in [-0.39, 0.29) is 12.0 Å². The summed E-state index contributed by atoms with van der Waals surface area (Å²) >= 11 is 1.55. The van der Waals surface area contributed by atoms with E-state index in [4.69, 9.17) is 4.74 Å². The zero-order chi connectivity index (χ0) is 15.4. The molecule has 0 aliphatic carbocycles. The fourth-order valence-corrected chi connectivity index (χ4v) is 3.72. The van der Waals surface area contributed by atoms with Crippen molar-refractivity contribution in [2.75, 3.05) is 13.2 Å². The Kier molecular flexibility index (Phi) is 4.80. The minimum absolute atomic E-state index is 0.286. The molecule has 116 valence electrons. The second-order valence-electron chi connectivity index (χ2n) is 5.28. The third-order valence-electron chi connectivity index (χ3n) is 3.76. The number of thiazole rings is 1. The van der Waals surface area contributed by atoms with E-state index in [1.165, 1.54) is 5.56 Å². The van der Waals surface area contributed by atoms with Gasteiger partial charge in [-0.15, -0.1) is 11.3 Å². The monoisotopic (exact) mass is 317 g/mol. The quantitative estimate of drug-likeness (QED) is 0.793. The van der Waals surface area contributed by atoms with Gasteiger partial charge < -0.3 is 4.74 Å². The van der Waals surface area contributed by atoms with Crippen molar-refractivity contribution in [3.63, 3.8) is 0 Å². The Labute approximate surface area is 134 Å². The molecule has 5 nitrogen and oxygen atoms in total. The van der Waals surface area contributed by atoms with Crippen molar-refractivity contribution >= 4 is 17.3 Å². The van der Waals surface area contributed by atoms with Crippen LogP contribution in [0.4, 0.5) is 0 Å². The molecule has 0 bridgehead atoms. The molecule has 0 N–H and O–H groups in total. The normalized spacial score (nSPS) is 18.5. The van der Waals surface area contributed by atoms with E-state index in [1.807, 2.05) is 12.3 Å². The second-order valence-corrected chi connectivity index (χ2v) is 6.17. The van der Waals surface area contributed by atoms with E-state index < -0.39 is 0 Å². The van der Waals surface area contributed by atoms with Crippen molar-refractivity contribution in [1.29, 1.82) is 0 Å². The molecule has 1 atom stereocenters. The van der Waals surface area contributed by atoms with Gasteiger partial charge in [-0.2, -0.15) is 0 Å². The molecule has 0 aromatic carbocycles. The molecule has 3 heterocycles. The van der Waals surface area contributed by atoms with E-state index in [0.717, 1.165) is 30.9 Å². The maximum atomic E-state index is 11.7. The summed E-state index contributed by atoms with van der Waals surface area (Å²) in [6, 6.07) is 4.34. The molecule has 1 unspecified atom stereocenters. The first-order chi connectivity index (χ1) is 10.8. The van der Waals surface area contributed by atoms with E-state index >= 15 is 0 Å². The first-order valence-corrected chi connectivity index (χ1v) is 8.41. The third kappa shape index (κ3) is 3.34. The Hall–Kier alpha value is -1.79. The van der Waals surface area contributed by atoms with Crippen molar-refractivity contribution in [2.24, 2.45) is 0 Å². The molecule has 0 amide bonds. The molecule has 0 radical (unpaired) electrons. The van der Waals surface area contributed by atoms with Crippen molar-refractivity contribution in [2.45, 2.75) is 32.4 Å². The van der Waals surface area contributed by atoms with Crippen LogP contribution in [0.2, 0.25) is 0 Å². The van der Waals surface area contributed by atoms with Crippen LogP contribution in [-0.2, 0) is 11.3 Å². The summed E-state index contributed by atoms with van der Waals surface area (Å²) in [5.41, 5.74) is 1.63. The van der Waals surface area contributed by atoms with Crippen LogP contribution in [0, 0.1) is 0 Å². The van der Waals surface area contributed by atoms with Gasteiger partial charge in [0, 0.05) is 24.3 Å². The van der Waals surface area contributed by atoms with E-state index in [0.29, 0.717) is 12.3 Å². The van der Waals surface area contributed by atoms with Crippen LogP contribution in [0.3, 0.4) is 0 Å². The van der Waals surface area contributed by atoms with Gasteiger partial charge in [0.1, 0.15) is 5.01 Å². The minimum atomic E-state index is -0.332. The predicted octanol–water partition coefficient (Wildman–Crippen LogP) is 3.05. The molecule has 2 aromatic heterocycles. The average Bonchev–Trinajstić information content (AvgIpc) is 3.17. The summed E-state index contributed by atoms with van der Waals surface area (Å²) in [6.07, 6.45) is 5.92. The van der Waals surface area contributed by atoms with Crippen molar-refractivity contribution < 1.29 is 9.53 Å². The van der Waals surface area contributed by atoms with Crippen LogP contribution in [-0.4, -0.2) is 34.0 Å². The topological polar surface area (TPSA) is 55.3 Å². The van der Waals surface area contributed by atoms with Crippen LogP contribution in [0.15, 0.2) is 29.9 Å². The van der Waals surface area contributed by atoms with E-state index in [2.05, 4.69) is 20.9 Å². The third-order valence-corrected chi connectivity index (χ3v) is 4.71. The molecule has 0 spiro atoms. The Morgan fingerprint density at radius 1 is 1.55 bits per heavy atom. The van der Waals surface area contributed by atoms with Crippen LogP contribution >= 0.6 is 11.3 Å². The van der Waals surface area contributed by atoms with Gasteiger partial charge >= 0.3 is 5.97 Å². The van der Waals surface area contributed by atoms with Crippen LogP contribution in [0.25, 0.3) is 0 Å². The van der Waals surface area contributed by atoms with Crippen LogP contribution in [0.5, 0.6) is 0 Å². The maximum Gasteiger partial charge on any atom is 0.357 e. The number of ether oxygens (including phenoxy) is 1. The molecule has 1 aliphatic heterocycles. The largest absolute Gasteiger partial charge is 0.461 e. The highest BCUT2D eigenvalue weighted by Gasteiger charge is 2.29. The van der Waals surface area contributed by atoms with Gasteiger partial charge in [-0.25, -0.2) is 9.78 Å². The van der Waals surface area contributed by atoms with Gasteiger partial charge in [0.05, 0.1) is 12.6 Å². The Balaban J connectivity index is 1.72. The smallest absolute Gasteiger partial charge is 0.357 e. The number of carbonyl (C=O) groups excluding carboxylic acids is 1. The second kappa shape index (κ2) is 6.98. The molecule has 1 aliphatic rings. The van der Waals surface area contributed by atoms with Gasteiger partial charge in [0.2, 0.25) is 0 Å². The van der Waals surface area contributed by atoms with Gasteiger partial charge in [0.15, 0.2) is 5.69 Å². The molecule has 6 heteroatoms. The number of pyridine rings is 1. The van der Waals surface area contributed by atoms with Crippen LogP contribution < -0.4 is 0 Å². The standard InChI is InChI=1S/C16H19N3O2S/c1-2-21-16(20)13-11-22-15(18-13)14-6-4-8-19(14)10-12-5-3-7-17-9-12/h3,5,7,9,11,14H,2,4,6,8,10H2,1H3. The van der Waals surface area contributed by atoms with Gasteiger partial charge in [0.25, 0.3) is 0 Å². The number of aromatic nitrogens is 2. The molecule has 0 saturated carbocycles. The van der Waals surface area contributed by atoms with Crippen molar-refractivity contribution in [1.82, 2.24) is 14.9 Å². The van der Waals surface area contributed by atoms with Gasteiger partial charge in [-0.3, -0.25) is 9.88 Å². The lowest BCUT2D eigenvalue weighted by atomic mass is 10.2. The summed E-state index contributed by atoms with van der Waals surface area (Å²) in [4.78, 5) is 22.8. The number of esters is 1. The molecule has 3 rings (SSSR count). The zero-order valence-corrected chi connectivity index (χ0v) is 13.4.